The molecule has 0 saturated heterocycles. The van der Waals surface area contributed by atoms with Gasteiger partial charge in [-0.3, -0.25) is 14.4 Å². The molecule has 0 heterocycles. The zero-order valence-corrected chi connectivity index (χ0v) is 16.0. The molecule has 0 aliphatic heterocycles. The van der Waals surface area contributed by atoms with Crippen molar-refractivity contribution in [2.75, 3.05) is 5.32 Å². The fourth-order valence-electron chi connectivity index (χ4n) is 3.27. The van der Waals surface area contributed by atoms with E-state index in [1.165, 1.54) is 0 Å². The molecule has 2 aromatic carbocycles. The molecule has 6 heteroatoms. The second-order valence-corrected chi connectivity index (χ2v) is 7.12. The summed E-state index contributed by atoms with van der Waals surface area (Å²) in [4.78, 5) is 36.9. The van der Waals surface area contributed by atoms with Gasteiger partial charge in [0.15, 0.2) is 0 Å². The summed E-state index contributed by atoms with van der Waals surface area (Å²) in [6, 6.07) is 14.6. The van der Waals surface area contributed by atoms with Crippen molar-refractivity contribution in [1.29, 1.82) is 0 Å². The molecule has 3 N–H and O–H groups in total. The third-order valence-electron chi connectivity index (χ3n) is 4.89. The standard InChI is InChI=1S/C22H25N3O3/c1-15-10-12-16(13-11-15)14-23-21(27)22(28)25-19-9-5-4-8-18(19)20(26)24-17-6-2-3-7-17/h4-5,8-13,17H,2-3,6-7,14H2,1H3,(H,23,27)(H,24,26)(H,25,28). The van der Waals surface area contributed by atoms with Gasteiger partial charge in [0, 0.05) is 12.6 Å². The zero-order chi connectivity index (χ0) is 19.9. The van der Waals surface area contributed by atoms with E-state index in [9.17, 15) is 14.4 Å². The van der Waals surface area contributed by atoms with E-state index in [1.807, 2.05) is 31.2 Å². The van der Waals surface area contributed by atoms with Gasteiger partial charge in [0.2, 0.25) is 0 Å². The van der Waals surface area contributed by atoms with Crippen LogP contribution in [0.4, 0.5) is 5.69 Å². The summed E-state index contributed by atoms with van der Waals surface area (Å²) in [6.45, 7) is 2.24. The van der Waals surface area contributed by atoms with Gasteiger partial charge in [-0.15, -0.1) is 0 Å². The van der Waals surface area contributed by atoms with Gasteiger partial charge < -0.3 is 16.0 Å². The Morgan fingerprint density at radius 2 is 1.61 bits per heavy atom. The van der Waals surface area contributed by atoms with Gasteiger partial charge >= 0.3 is 11.8 Å². The summed E-state index contributed by atoms with van der Waals surface area (Å²) in [7, 11) is 0. The number of anilines is 1. The van der Waals surface area contributed by atoms with E-state index >= 15 is 0 Å². The second-order valence-electron chi connectivity index (χ2n) is 7.12. The first-order valence-electron chi connectivity index (χ1n) is 9.57. The van der Waals surface area contributed by atoms with Crippen LogP contribution in [0.5, 0.6) is 0 Å². The van der Waals surface area contributed by atoms with Crippen LogP contribution in [0.2, 0.25) is 0 Å². The minimum Gasteiger partial charge on any atom is -0.349 e. The number of benzene rings is 2. The molecule has 0 radical (unpaired) electrons. The highest BCUT2D eigenvalue weighted by Crippen LogP contribution is 2.20. The Labute approximate surface area is 164 Å². The van der Waals surface area contributed by atoms with Crippen LogP contribution in [0.1, 0.15) is 47.2 Å². The predicted molar refractivity (Wildman–Crippen MR) is 108 cm³/mol. The predicted octanol–water partition coefficient (Wildman–Crippen LogP) is 2.92. The molecule has 1 saturated carbocycles. The van der Waals surface area contributed by atoms with Crippen LogP contribution in [-0.4, -0.2) is 23.8 Å². The molecular weight excluding hydrogens is 354 g/mol. The fraction of sp³-hybridized carbons (Fsp3) is 0.318. The highest BCUT2D eigenvalue weighted by Gasteiger charge is 2.21. The van der Waals surface area contributed by atoms with Gasteiger partial charge in [-0.25, -0.2) is 0 Å². The maximum absolute atomic E-state index is 12.5. The van der Waals surface area contributed by atoms with Crippen molar-refractivity contribution >= 4 is 23.4 Å². The van der Waals surface area contributed by atoms with E-state index in [1.54, 1.807) is 24.3 Å². The minimum atomic E-state index is -0.798. The Morgan fingerprint density at radius 1 is 0.929 bits per heavy atom. The van der Waals surface area contributed by atoms with Gasteiger partial charge in [0.25, 0.3) is 5.91 Å². The lowest BCUT2D eigenvalue weighted by Crippen LogP contribution is -2.36. The van der Waals surface area contributed by atoms with Crippen LogP contribution in [0.15, 0.2) is 48.5 Å². The quantitative estimate of drug-likeness (QED) is 0.698. The molecule has 1 fully saturated rings. The van der Waals surface area contributed by atoms with E-state index in [2.05, 4.69) is 16.0 Å². The Morgan fingerprint density at radius 3 is 2.32 bits per heavy atom. The number of carbonyl (C=O) groups excluding carboxylic acids is 3. The summed E-state index contributed by atoms with van der Waals surface area (Å²) < 4.78 is 0. The normalized spacial score (nSPS) is 13.8. The third kappa shape index (κ3) is 5.19. The van der Waals surface area contributed by atoms with E-state index in [-0.39, 0.29) is 18.5 Å². The lowest BCUT2D eigenvalue weighted by atomic mass is 10.1. The van der Waals surface area contributed by atoms with Gasteiger partial charge in [0.05, 0.1) is 11.3 Å². The molecule has 3 rings (SSSR count). The van der Waals surface area contributed by atoms with Crippen molar-refractivity contribution in [3.05, 3.63) is 65.2 Å². The van der Waals surface area contributed by atoms with Crippen LogP contribution in [0, 0.1) is 6.92 Å². The number of nitrogens with one attached hydrogen (secondary N) is 3. The fourth-order valence-corrected chi connectivity index (χ4v) is 3.27. The van der Waals surface area contributed by atoms with Gasteiger partial charge in [-0.2, -0.15) is 0 Å². The number of hydrogen-bond acceptors (Lipinski definition) is 3. The minimum absolute atomic E-state index is 0.175. The third-order valence-corrected chi connectivity index (χ3v) is 4.89. The van der Waals surface area contributed by atoms with Crippen molar-refractivity contribution < 1.29 is 14.4 Å². The van der Waals surface area contributed by atoms with Crippen LogP contribution >= 0.6 is 0 Å². The number of aryl methyl sites for hydroxylation is 1. The molecule has 0 bridgehead atoms. The Bertz CT molecular complexity index is 856. The van der Waals surface area contributed by atoms with Gasteiger partial charge in [0.1, 0.15) is 0 Å². The van der Waals surface area contributed by atoms with Crippen molar-refractivity contribution in [3.8, 4) is 0 Å². The van der Waals surface area contributed by atoms with Crippen LogP contribution in [0.3, 0.4) is 0 Å². The molecule has 0 aromatic heterocycles. The van der Waals surface area contributed by atoms with Crippen molar-refractivity contribution in [3.63, 3.8) is 0 Å². The molecule has 0 atom stereocenters. The summed E-state index contributed by atoms with van der Waals surface area (Å²) in [5, 5.41) is 8.14. The molecule has 1 aliphatic carbocycles. The first kappa shape index (κ1) is 19.6. The molecule has 0 unspecified atom stereocenters. The van der Waals surface area contributed by atoms with E-state index in [0.717, 1.165) is 36.8 Å². The Balaban J connectivity index is 1.59. The Kier molecular flexibility index (Phi) is 6.42. The maximum Gasteiger partial charge on any atom is 0.313 e. The van der Waals surface area contributed by atoms with Crippen LogP contribution in [0.25, 0.3) is 0 Å². The topological polar surface area (TPSA) is 87.3 Å². The van der Waals surface area contributed by atoms with Crippen LogP contribution in [-0.2, 0) is 16.1 Å². The van der Waals surface area contributed by atoms with Gasteiger partial charge in [-0.1, -0.05) is 54.8 Å². The smallest absolute Gasteiger partial charge is 0.313 e. The average Bonchev–Trinajstić information content (AvgIpc) is 3.20. The number of para-hydroxylation sites is 1. The van der Waals surface area contributed by atoms with Crippen molar-refractivity contribution in [2.24, 2.45) is 0 Å². The molecule has 6 nitrogen and oxygen atoms in total. The first-order valence-corrected chi connectivity index (χ1v) is 9.57. The average molecular weight is 379 g/mol. The maximum atomic E-state index is 12.5. The Hall–Kier alpha value is -3.15. The van der Waals surface area contributed by atoms with Crippen molar-refractivity contribution in [2.45, 2.75) is 45.2 Å². The number of rotatable bonds is 5. The number of hydrogen-bond donors (Lipinski definition) is 3. The summed E-state index contributed by atoms with van der Waals surface area (Å²) in [5.74, 6) is -1.78. The zero-order valence-electron chi connectivity index (χ0n) is 16.0. The number of amides is 3. The molecule has 28 heavy (non-hydrogen) atoms. The second kappa shape index (κ2) is 9.17. The number of carbonyl (C=O) groups is 3. The highest BCUT2D eigenvalue weighted by molar-refractivity contribution is 6.40. The van der Waals surface area contributed by atoms with Crippen LogP contribution < -0.4 is 16.0 Å². The molecule has 146 valence electrons. The van der Waals surface area contributed by atoms with E-state index in [4.69, 9.17) is 0 Å². The highest BCUT2D eigenvalue weighted by atomic mass is 16.2. The summed E-state index contributed by atoms with van der Waals surface area (Å²) in [6.07, 6.45) is 4.18. The van der Waals surface area contributed by atoms with Crippen molar-refractivity contribution in [1.82, 2.24) is 10.6 Å². The molecular formula is C22H25N3O3. The largest absolute Gasteiger partial charge is 0.349 e. The SMILES string of the molecule is Cc1ccc(CNC(=O)C(=O)Nc2ccccc2C(=O)NC2CCCC2)cc1. The monoisotopic (exact) mass is 379 g/mol. The molecule has 3 amide bonds. The molecule has 2 aromatic rings. The van der Waals surface area contributed by atoms with E-state index < -0.39 is 11.8 Å². The first-order chi connectivity index (χ1) is 13.5. The molecule has 0 spiro atoms. The lowest BCUT2D eigenvalue weighted by molar-refractivity contribution is -0.136. The molecule has 1 aliphatic rings. The van der Waals surface area contributed by atoms with Gasteiger partial charge in [-0.05, 0) is 37.5 Å². The van der Waals surface area contributed by atoms with E-state index in [0.29, 0.717) is 11.3 Å². The summed E-state index contributed by atoms with van der Waals surface area (Å²) >= 11 is 0. The lowest BCUT2D eigenvalue weighted by Gasteiger charge is -2.15. The summed E-state index contributed by atoms with van der Waals surface area (Å²) in [5.41, 5.74) is 2.71.